The second-order valence-electron chi connectivity index (χ2n) is 12.3. The molecule has 0 radical (unpaired) electrons. The first-order chi connectivity index (χ1) is 17.3. The third-order valence-electron chi connectivity index (χ3n) is 10.1. The number of carbonyl (C=O) groups excluding carboxylic acids is 2. The van der Waals surface area contributed by atoms with Gasteiger partial charge in [-0.25, -0.2) is 5.06 Å². The fourth-order valence-electron chi connectivity index (χ4n) is 8.05. The number of allylic oxidation sites excluding steroid dienone is 4. The minimum Gasteiger partial charge on any atom is -0.393 e. The highest BCUT2D eigenvalue weighted by molar-refractivity contribution is 5.93. The normalized spacial score (nSPS) is 31.6. The molecule has 5 heteroatoms. The van der Waals surface area contributed by atoms with Crippen LogP contribution in [0, 0.1) is 23.2 Å². The molecule has 0 spiro atoms. The topological polar surface area (TPSA) is 66.8 Å². The summed E-state index contributed by atoms with van der Waals surface area (Å²) in [5.74, 6) is 2.20. The van der Waals surface area contributed by atoms with Gasteiger partial charge < -0.3 is 5.11 Å². The highest BCUT2D eigenvalue weighted by Gasteiger charge is 2.55. The van der Waals surface area contributed by atoms with Gasteiger partial charge in [-0.05, 0) is 91.8 Å². The molecule has 1 amide bonds. The van der Waals surface area contributed by atoms with Crippen molar-refractivity contribution in [2.45, 2.75) is 122 Å². The van der Waals surface area contributed by atoms with Gasteiger partial charge in [0.2, 0.25) is 5.91 Å². The Kier molecular flexibility index (Phi) is 9.49. The molecule has 0 unspecified atom stereocenters. The highest BCUT2D eigenvalue weighted by atomic mass is 16.7. The zero-order chi connectivity index (χ0) is 25.7. The molecule has 4 rings (SSSR count). The van der Waals surface area contributed by atoms with E-state index in [1.807, 2.05) is 6.08 Å². The van der Waals surface area contributed by atoms with Crippen LogP contribution in [0.4, 0.5) is 0 Å². The molecule has 5 atom stereocenters. The lowest BCUT2D eigenvalue weighted by Crippen LogP contribution is -2.45. The summed E-state index contributed by atoms with van der Waals surface area (Å²) in [7, 11) is 3.19. The van der Waals surface area contributed by atoms with Crippen LogP contribution >= 0.6 is 0 Å². The molecular formula is C31H49NO4. The van der Waals surface area contributed by atoms with Gasteiger partial charge in [-0.3, -0.25) is 14.4 Å². The van der Waals surface area contributed by atoms with Crippen molar-refractivity contribution in [3.63, 3.8) is 0 Å². The number of aliphatic hydroxyl groups is 1. The standard InChI is InChI=1S/C31H49NO4/c1-31-21-23(12-10-8-6-4-5-7-9-11-13-29(35)32(2)36-3)30-25-17-15-24(33)20-22(25)14-16-26(30)27(31)18-19-28(31)34/h20,23,26-28,34H,4-19,21H2,1-3H3/t23-,26-,27-,28-,31-/m0/s1. The largest absolute Gasteiger partial charge is 0.393 e. The summed E-state index contributed by atoms with van der Waals surface area (Å²) >= 11 is 0. The van der Waals surface area contributed by atoms with E-state index in [1.165, 1.54) is 75.5 Å². The van der Waals surface area contributed by atoms with Gasteiger partial charge in [0.25, 0.3) is 0 Å². The van der Waals surface area contributed by atoms with Crippen LogP contribution in [-0.2, 0) is 14.4 Å². The van der Waals surface area contributed by atoms with E-state index in [-0.39, 0.29) is 17.4 Å². The zero-order valence-corrected chi connectivity index (χ0v) is 23.0. The SMILES string of the molecule is CON(C)C(=O)CCCCCCCCCC[C@H]1C[C@]2(C)[C@@H](O)CC[C@H]2[C@@H]2CCC3=CC(=O)CCC3=C12. The molecule has 36 heavy (non-hydrogen) atoms. The van der Waals surface area contributed by atoms with E-state index < -0.39 is 0 Å². The summed E-state index contributed by atoms with van der Waals surface area (Å²) in [5, 5.41) is 12.3. The Morgan fingerprint density at radius 3 is 2.44 bits per heavy atom. The number of nitrogens with zero attached hydrogens (tertiary/aromatic N) is 1. The predicted molar refractivity (Wildman–Crippen MR) is 143 cm³/mol. The van der Waals surface area contributed by atoms with Gasteiger partial charge in [-0.1, -0.05) is 57.4 Å². The van der Waals surface area contributed by atoms with E-state index >= 15 is 0 Å². The molecule has 1 N–H and O–H groups in total. The summed E-state index contributed by atoms with van der Waals surface area (Å²) in [6, 6.07) is 0. The first kappa shape index (κ1) is 27.6. The summed E-state index contributed by atoms with van der Waals surface area (Å²) < 4.78 is 0. The van der Waals surface area contributed by atoms with Gasteiger partial charge in [-0.2, -0.15) is 0 Å². The van der Waals surface area contributed by atoms with Crippen LogP contribution in [0.3, 0.4) is 0 Å². The third-order valence-corrected chi connectivity index (χ3v) is 10.1. The lowest BCUT2D eigenvalue weighted by molar-refractivity contribution is -0.168. The van der Waals surface area contributed by atoms with Gasteiger partial charge in [0, 0.05) is 19.9 Å². The van der Waals surface area contributed by atoms with E-state index in [9.17, 15) is 14.7 Å². The van der Waals surface area contributed by atoms with Crippen molar-refractivity contribution in [1.29, 1.82) is 0 Å². The molecule has 0 bridgehead atoms. The molecule has 0 heterocycles. The number of amides is 1. The summed E-state index contributed by atoms with van der Waals surface area (Å²) in [6.45, 7) is 2.38. The molecule has 4 aliphatic carbocycles. The van der Waals surface area contributed by atoms with Gasteiger partial charge >= 0.3 is 0 Å². The first-order valence-corrected chi connectivity index (χ1v) is 14.8. The molecule has 0 aromatic rings. The summed E-state index contributed by atoms with van der Waals surface area (Å²) in [6.07, 6.45) is 20.4. The van der Waals surface area contributed by atoms with Crippen molar-refractivity contribution in [3.8, 4) is 0 Å². The first-order valence-electron chi connectivity index (χ1n) is 14.8. The molecular weight excluding hydrogens is 450 g/mol. The van der Waals surface area contributed by atoms with E-state index in [1.54, 1.807) is 18.2 Å². The Morgan fingerprint density at radius 1 is 1.03 bits per heavy atom. The number of rotatable bonds is 12. The molecule has 2 saturated carbocycles. The fraction of sp³-hybridized carbons (Fsp3) is 0.806. The number of hydrogen-bond acceptors (Lipinski definition) is 4. The second kappa shape index (κ2) is 12.4. The number of ketones is 1. The van der Waals surface area contributed by atoms with Crippen LogP contribution < -0.4 is 0 Å². The lowest BCUT2D eigenvalue weighted by Gasteiger charge is -2.52. The van der Waals surface area contributed by atoms with Gasteiger partial charge in [0.1, 0.15) is 0 Å². The fourth-order valence-corrected chi connectivity index (χ4v) is 8.05. The highest BCUT2D eigenvalue weighted by Crippen LogP contribution is 2.62. The van der Waals surface area contributed by atoms with Gasteiger partial charge in [0.15, 0.2) is 5.78 Å². The summed E-state index contributed by atoms with van der Waals surface area (Å²) in [4.78, 5) is 28.8. The monoisotopic (exact) mass is 499 g/mol. The average Bonchev–Trinajstić information content (AvgIpc) is 3.17. The van der Waals surface area contributed by atoms with Crippen molar-refractivity contribution in [3.05, 3.63) is 22.8 Å². The van der Waals surface area contributed by atoms with Crippen LogP contribution in [0.5, 0.6) is 0 Å². The number of hydroxylamine groups is 2. The second-order valence-corrected chi connectivity index (χ2v) is 12.3. The Morgan fingerprint density at radius 2 is 1.72 bits per heavy atom. The number of unbranched alkanes of at least 4 members (excludes halogenated alkanes) is 7. The molecule has 5 nitrogen and oxygen atoms in total. The van der Waals surface area contributed by atoms with E-state index in [0.29, 0.717) is 36.4 Å². The smallest absolute Gasteiger partial charge is 0.245 e. The Balaban J connectivity index is 1.25. The van der Waals surface area contributed by atoms with Crippen molar-refractivity contribution < 1.29 is 19.5 Å². The zero-order valence-electron chi connectivity index (χ0n) is 23.0. The third kappa shape index (κ3) is 5.99. The molecule has 0 saturated heterocycles. The number of hydrogen-bond donors (Lipinski definition) is 1. The van der Waals surface area contributed by atoms with Crippen LogP contribution in [0.15, 0.2) is 22.8 Å². The van der Waals surface area contributed by atoms with Crippen LogP contribution in [0.2, 0.25) is 0 Å². The lowest BCUT2D eigenvalue weighted by atomic mass is 9.53. The minimum absolute atomic E-state index is 0.0594. The van der Waals surface area contributed by atoms with Crippen molar-refractivity contribution in [1.82, 2.24) is 5.06 Å². The molecule has 202 valence electrons. The predicted octanol–water partition coefficient (Wildman–Crippen LogP) is 6.70. The number of fused-ring (bicyclic) bond motifs is 4. The van der Waals surface area contributed by atoms with Crippen molar-refractivity contribution in [2.75, 3.05) is 14.2 Å². The quantitative estimate of drug-likeness (QED) is 0.240. The summed E-state index contributed by atoms with van der Waals surface area (Å²) in [5.41, 5.74) is 4.68. The Bertz CT molecular complexity index is 861. The van der Waals surface area contributed by atoms with E-state index in [0.717, 1.165) is 38.5 Å². The van der Waals surface area contributed by atoms with Gasteiger partial charge in [-0.15, -0.1) is 0 Å². The number of aliphatic hydroxyl groups excluding tert-OH is 1. The Labute approximate surface area is 218 Å². The maximum Gasteiger partial charge on any atom is 0.245 e. The molecule has 2 fully saturated rings. The van der Waals surface area contributed by atoms with Crippen LogP contribution in [0.1, 0.15) is 116 Å². The maximum atomic E-state index is 12.1. The van der Waals surface area contributed by atoms with E-state index in [2.05, 4.69) is 6.92 Å². The van der Waals surface area contributed by atoms with Crippen molar-refractivity contribution in [2.24, 2.45) is 23.2 Å². The van der Waals surface area contributed by atoms with E-state index in [4.69, 9.17) is 4.84 Å². The molecule has 0 aromatic heterocycles. The molecule has 0 aromatic carbocycles. The Hall–Kier alpha value is -1.46. The molecule has 4 aliphatic rings. The number of carbonyl (C=O) groups is 2. The minimum atomic E-state index is -0.147. The average molecular weight is 500 g/mol. The van der Waals surface area contributed by atoms with Gasteiger partial charge in [0.05, 0.1) is 13.2 Å². The van der Waals surface area contributed by atoms with Crippen molar-refractivity contribution >= 4 is 11.7 Å². The van der Waals surface area contributed by atoms with Crippen LogP contribution in [0.25, 0.3) is 0 Å². The molecule has 0 aliphatic heterocycles. The van der Waals surface area contributed by atoms with Crippen LogP contribution in [-0.4, -0.2) is 42.1 Å². The maximum absolute atomic E-state index is 12.1.